The Balaban J connectivity index is 2.09. The van der Waals surface area contributed by atoms with Crippen molar-refractivity contribution in [1.29, 1.82) is 0 Å². The minimum absolute atomic E-state index is 0.0609. The van der Waals surface area contributed by atoms with Gasteiger partial charge in [-0.15, -0.1) is 11.3 Å². The zero-order valence-corrected chi connectivity index (χ0v) is 17.1. The Kier molecular flexibility index (Phi) is 7.84. The fourth-order valence-electron chi connectivity index (χ4n) is 2.25. The van der Waals surface area contributed by atoms with E-state index in [9.17, 15) is 13.2 Å². The Morgan fingerprint density at radius 3 is 2.81 bits per heavy atom. The molecule has 0 bridgehead atoms. The predicted molar refractivity (Wildman–Crippen MR) is 104 cm³/mol. The number of unbranched alkanes of at least 4 members (excludes halogenated alkanes) is 3. The number of aromatic nitrogens is 1. The maximum Gasteiger partial charge on any atom is 0.261 e. The first kappa shape index (κ1) is 21.1. The van der Waals surface area contributed by atoms with Crippen LogP contribution in [0, 0.1) is 0 Å². The molecule has 1 aromatic heterocycles. The highest BCUT2D eigenvalue weighted by Gasteiger charge is 2.22. The van der Waals surface area contributed by atoms with Crippen molar-refractivity contribution in [2.45, 2.75) is 54.8 Å². The predicted octanol–water partition coefficient (Wildman–Crippen LogP) is 3.14. The lowest BCUT2D eigenvalue weighted by Gasteiger charge is -2.12. The number of benzene rings is 1. The summed E-state index contributed by atoms with van der Waals surface area (Å²) in [4.78, 5) is 15.9. The van der Waals surface area contributed by atoms with Crippen LogP contribution in [-0.4, -0.2) is 36.3 Å². The Morgan fingerprint density at radius 2 is 2.12 bits per heavy atom. The number of carbonyl (C=O) groups is 1. The number of hydroxylamine groups is 1. The molecule has 0 saturated carbocycles. The van der Waals surface area contributed by atoms with Gasteiger partial charge in [0, 0.05) is 5.75 Å². The molecule has 0 radical (unpaired) electrons. The lowest BCUT2D eigenvalue weighted by atomic mass is 10.2. The summed E-state index contributed by atoms with van der Waals surface area (Å²) in [6.07, 6.45) is 4.79. The standard InChI is InChI=1S/C16H23N3O4S3/c1-3-4-5-6-9-24-16-17-13-8-7-12(10-14(13)25-16)26(22,23)19-11(2)15(20)18-21/h7-8,10-11,19,21H,3-6,9H2,1-2H3,(H,18,20)/t11-/m1/s1. The van der Waals surface area contributed by atoms with E-state index in [2.05, 4.69) is 16.6 Å². The molecular formula is C16H23N3O4S3. The third-order valence-electron chi connectivity index (χ3n) is 3.71. The Bertz CT molecular complexity index is 852. The molecule has 1 aromatic carbocycles. The van der Waals surface area contributed by atoms with Gasteiger partial charge >= 0.3 is 0 Å². The van der Waals surface area contributed by atoms with Crippen LogP contribution >= 0.6 is 23.1 Å². The molecule has 7 nitrogen and oxygen atoms in total. The number of nitrogens with zero attached hydrogens (tertiary/aromatic N) is 1. The zero-order chi connectivity index (χ0) is 19.2. The number of thiazole rings is 1. The summed E-state index contributed by atoms with van der Waals surface area (Å²) >= 11 is 3.15. The first-order valence-electron chi connectivity index (χ1n) is 8.37. The van der Waals surface area contributed by atoms with Crippen molar-refractivity contribution >= 4 is 49.2 Å². The summed E-state index contributed by atoms with van der Waals surface area (Å²) in [5.74, 6) is 0.176. The fourth-order valence-corrected chi connectivity index (χ4v) is 5.73. The topological polar surface area (TPSA) is 108 Å². The summed E-state index contributed by atoms with van der Waals surface area (Å²) in [6, 6.07) is 3.60. The summed E-state index contributed by atoms with van der Waals surface area (Å²) in [5.41, 5.74) is 2.18. The van der Waals surface area contributed by atoms with Gasteiger partial charge in [-0.25, -0.2) is 18.9 Å². The van der Waals surface area contributed by atoms with Crippen LogP contribution in [0.25, 0.3) is 10.2 Å². The van der Waals surface area contributed by atoms with Gasteiger partial charge in [0.05, 0.1) is 15.1 Å². The molecule has 1 atom stereocenters. The van der Waals surface area contributed by atoms with Crippen LogP contribution in [0.2, 0.25) is 0 Å². The number of hydrogen-bond acceptors (Lipinski definition) is 7. The van der Waals surface area contributed by atoms with E-state index in [4.69, 9.17) is 5.21 Å². The molecule has 0 saturated heterocycles. The number of carbonyl (C=O) groups excluding carboxylic acids is 1. The van der Waals surface area contributed by atoms with Gasteiger partial charge in [0.1, 0.15) is 6.04 Å². The van der Waals surface area contributed by atoms with E-state index in [-0.39, 0.29) is 4.90 Å². The fraction of sp³-hybridized carbons (Fsp3) is 0.500. The van der Waals surface area contributed by atoms with E-state index < -0.39 is 22.0 Å². The first-order chi connectivity index (χ1) is 12.4. The molecular weight excluding hydrogens is 394 g/mol. The second kappa shape index (κ2) is 9.65. The van der Waals surface area contributed by atoms with Gasteiger partial charge < -0.3 is 0 Å². The first-order valence-corrected chi connectivity index (χ1v) is 11.7. The largest absolute Gasteiger partial charge is 0.289 e. The number of amides is 1. The maximum absolute atomic E-state index is 12.4. The Hall–Kier alpha value is -1.20. The van der Waals surface area contributed by atoms with E-state index in [1.807, 2.05) is 0 Å². The lowest BCUT2D eigenvalue weighted by Crippen LogP contribution is -2.43. The van der Waals surface area contributed by atoms with Gasteiger partial charge in [0.2, 0.25) is 10.0 Å². The molecule has 10 heteroatoms. The SMILES string of the molecule is CCCCCCSc1nc2ccc(S(=O)(=O)N[C@H](C)C(=O)NO)cc2s1. The normalized spacial score (nSPS) is 13.0. The number of rotatable bonds is 10. The highest BCUT2D eigenvalue weighted by molar-refractivity contribution is 8.01. The van der Waals surface area contributed by atoms with Crippen molar-refractivity contribution < 1.29 is 18.4 Å². The van der Waals surface area contributed by atoms with Crippen LogP contribution < -0.4 is 10.2 Å². The molecule has 0 aliphatic heterocycles. The van der Waals surface area contributed by atoms with Gasteiger partial charge in [-0.05, 0) is 31.5 Å². The number of nitrogens with one attached hydrogen (secondary N) is 2. The maximum atomic E-state index is 12.4. The van der Waals surface area contributed by atoms with Crippen LogP contribution in [-0.2, 0) is 14.8 Å². The molecule has 2 rings (SSSR count). The van der Waals surface area contributed by atoms with Crippen molar-refractivity contribution in [3.05, 3.63) is 18.2 Å². The number of sulfonamides is 1. The van der Waals surface area contributed by atoms with Crippen LogP contribution in [0.1, 0.15) is 39.5 Å². The molecule has 26 heavy (non-hydrogen) atoms. The summed E-state index contributed by atoms with van der Waals surface area (Å²) in [6.45, 7) is 3.53. The van der Waals surface area contributed by atoms with Gasteiger partial charge in [0.25, 0.3) is 5.91 Å². The minimum Gasteiger partial charge on any atom is -0.289 e. The lowest BCUT2D eigenvalue weighted by molar-refractivity contribution is -0.130. The molecule has 144 valence electrons. The van der Waals surface area contributed by atoms with E-state index in [1.165, 1.54) is 49.1 Å². The highest BCUT2D eigenvalue weighted by atomic mass is 32.2. The van der Waals surface area contributed by atoms with Gasteiger partial charge in [-0.3, -0.25) is 10.0 Å². The van der Waals surface area contributed by atoms with Crippen molar-refractivity contribution in [2.24, 2.45) is 0 Å². The number of hydrogen-bond donors (Lipinski definition) is 3. The molecule has 2 aromatic rings. The van der Waals surface area contributed by atoms with Gasteiger partial charge in [0.15, 0.2) is 4.34 Å². The molecule has 3 N–H and O–H groups in total. The molecule has 0 aliphatic rings. The summed E-state index contributed by atoms with van der Waals surface area (Å²) in [7, 11) is -3.87. The zero-order valence-electron chi connectivity index (χ0n) is 14.7. The summed E-state index contributed by atoms with van der Waals surface area (Å²) in [5, 5.41) is 8.59. The van der Waals surface area contributed by atoms with Crippen molar-refractivity contribution in [2.75, 3.05) is 5.75 Å². The third-order valence-corrected chi connectivity index (χ3v) is 7.50. The van der Waals surface area contributed by atoms with Gasteiger partial charge in [-0.1, -0.05) is 37.9 Å². The molecule has 1 heterocycles. The van der Waals surface area contributed by atoms with E-state index in [0.717, 1.165) is 26.7 Å². The quantitative estimate of drug-likeness (QED) is 0.237. The van der Waals surface area contributed by atoms with Gasteiger partial charge in [-0.2, -0.15) is 4.72 Å². The average molecular weight is 418 g/mol. The number of thioether (sulfide) groups is 1. The molecule has 0 fully saturated rings. The van der Waals surface area contributed by atoms with Crippen LogP contribution in [0.15, 0.2) is 27.4 Å². The summed E-state index contributed by atoms with van der Waals surface area (Å²) < 4.78 is 28.7. The Morgan fingerprint density at radius 1 is 1.35 bits per heavy atom. The van der Waals surface area contributed by atoms with Crippen molar-refractivity contribution in [1.82, 2.24) is 15.2 Å². The highest BCUT2D eigenvalue weighted by Crippen LogP contribution is 2.31. The molecule has 0 spiro atoms. The third kappa shape index (κ3) is 5.65. The Labute approximate surface area is 161 Å². The molecule has 0 unspecified atom stereocenters. The minimum atomic E-state index is -3.87. The van der Waals surface area contributed by atoms with Crippen molar-refractivity contribution in [3.8, 4) is 0 Å². The van der Waals surface area contributed by atoms with E-state index in [1.54, 1.807) is 23.9 Å². The second-order valence-corrected chi connectivity index (χ2v) is 9.92. The monoisotopic (exact) mass is 417 g/mol. The smallest absolute Gasteiger partial charge is 0.261 e. The van der Waals surface area contributed by atoms with Crippen LogP contribution in [0.4, 0.5) is 0 Å². The van der Waals surface area contributed by atoms with E-state index >= 15 is 0 Å². The van der Waals surface area contributed by atoms with Crippen molar-refractivity contribution in [3.63, 3.8) is 0 Å². The number of fused-ring (bicyclic) bond motifs is 1. The van der Waals surface area contributed by atoms with Crippen LogP contribution in [0.5, 0.6) is 0 Å². The van der Waals surface area contributed by atoms with E-state index in [0.29, 0.717) is 0 Å². The average Bonchev–Trinajstić information content (AvgIpc) is 3.02. The second-order valence-electron chi connectivity index (χ2n) is 5.84. The molecule has 1 amide bonds. The molecule has 0 aliphatic carbocycles. The van der Waals surface area contributed by atoms with Crippen LogP contribution in [0.3, 0.4) is 0 Å².